The van der Waals surface area contributed by atoms with Gasteiger partial charge in [-0.25, -0.2) is 9.18 Å². The molecule has 0 aliphatic carbocycles. The number of nitrogens with one attached hydrogen (secondary N) is 1. The minimum Gasteiger partial charge on any atom is -0.467 e. The van der Waals surface area contributed by atoms with Gasteiger partial charge in [-0.2, -0.15) is 0 Å². The molecule has 0 aromatic heterocycles. The lowest BCUT2D eigenvalue weighted by atomic mass is 9.98. The monoisotopic (exact) mass is 317 g/mol. The summed E-state index contributed by atoms with van der Waals surface area (Å²) in [5, 5.41) is 13.5. The summed E-state index contributed by atoms with van der Waals surface area (Å²) in [5.41, 5.74) is 1.61. The lowest BCUT2D eigenvalue weighted by Crippen LogP contribution is -2.39. The molecule has 0 saturated carbocycles. The number of rotatable bonds is 6. The minimum atomic E-state index is -1.39. The third kappa shape index (κ3) is 4.37. The van der Waals surface area contributed by atoms with Crippen molar-refractivity contribution in [2.75, 3.05) is 7.11 Å². The van der Waals surface area contributed by atoms with E-state index in [1.54, 1.807) is 0 Å². The van der Waals surface area contributed by atoms with Crippen LogP contribution in [0.5, 0.6) is 0 Å². The molecular formula is C18H20FNO3. The maximum Gasteiger partial charge on any atom is 0.336 e. The molecule has 122 valence electrons. The van der Waals surface area contributed by atoms with Crippen molar-refractivity contribution in [3.8, 4) is 0 Å². The summed E-state index contributed by atoms with van der Waals surface area (Å²) < 4.78 is 17.8. The van der Waals surface area contributed by atoms with Crippen molar-refractivity contribution < 1.29 is 19.0 Å². The highest BCUT2D eigenvalue weighted by Crippen LogP contribution is 2.23. The number of carbonyl (C=O) groups excluding carboxylic acids is 1. The van der Waals surface area contributed by atoms with E-state index < -0.39 is 18.1 Å². The van der Waals surface area contributed by atoms with Gasteiger partial charge in [0.05, 0.1) is 13.2 Å². The van der Waals surface area contributed by atoms with Gasteiger partial charge in [-0.05, 0) is 30.2 Å². The summed E-state index contributed by atoms with van der Waals surface area (Å²) in [6.45, 7) is 1.93. The summed E-state index contributed by atoms with van der Waals surface area (Å²) in [4.78, 5) is 11.7. The lowest BCUT2D eigenvalue weighted by molar-refractivity contribution is -0.152. The van der Waals surface area contributed by atoms with Crippen molar-refractivity contribution in [3.05, 3.63) is 71.5 Å². The van der Waals surface area contributed by atoms with Crippen LogP contribution in [0, 0.1) is 5.82 Å². The predicted molar refractivity (Wildman–Crippen MR) is 85.2 cm³/mol. The number of carbonyl (C=O) groups is 1. The highest BCUT2D eigenvalue weighted by atomic mass is 19.1. The van der Waals surface area contributed by atoms with Crippen LogP contribution in [0.2, 0.25) is 0 Å². The van der Waals surface area contributed by atoms with Gasteiger partial charge in [0.25, 0.3) is 0 Å². The van der Waals surface area contributed by atoms with Gasteiger partial charge in [0, 0.05) is 6.04 Å². The zero-order valence-electron chi connectivity index (χ0n) is 13.1. The fourth-order valence-electron chi connectivity index (χ4n) is 2.40. The summed E-state index contributed by atoms with van der Waals surface area (Å²) in [5.74, 6) is -1.12. The highest BCUT2D eigenvalue weighted by Gasteiger charge is 2.29. The first-order valence-electron chi connectivity index (χ1n) is 7.35. The van der Waals surface area contributed by atoms with Gasteiger partial charge in [-0.3, -0.25) is 0 Å². The van der Waals surface area contributed by atoms with E-state index in [2.05, 4.69) is 10.1 Å². The molecule has 0 aliphatic heterocycles. The van der Waals surface area contributed by atoms with Crippen LogP contribution in [0.4, 0.5) is 4.39 Å². The lowest BCUT2D eigenvalue weighted by Gasteiger charge is -2.27. The van der Waals surface area contributed by atoms with E-state index in [0.717, 1.165) is 5.56 Å². The van der Waals surface area contributed by atoms with Crippen LogP contribution in [0.1, 0.15) is 30.1 Å². The molecule has 0 unspecified atom stereocenters. The van der Waals surface area contributed by atoms with E-state index in [1.165, 1.54) is 31.4 Å². The van der Waals surface area contributed by atoms with Crippen LogP contribution < -0.4 is 5.32 Å². The van der Waals surface area contributed by atoms with Crippen LogP contribution in [0.25, 0.3) is 0 Å². The summed E-state index contributed by atoms with van der Waals surface area (Å²) in [6, 6.07) is 14.5. The van der Waals surface area contributed by atoms with E-state index in [0.29, 0.717) is 5.56 Å². The molecule has 0 radical (unpaired) electrons. The van der Waals surface area contributed by atoms with Crippen LogP contribution in [0.3, 0.4) is 0 Å². The first-order chi connectivity index (χ1) is 11.0. The maximum atomic E-state index is 13.1. The van der Waals surface area contributed by atoms with Crippen molar-refractivity contribution in [1.82, 2.24) is 5.32 Å². The number of hydrogen-bond donors (Lipinski definition) is 2. The van der Waals surface area contributed by atoms with Gasteiger partial charge < -0.3 is 15.2 Å². The Morgan fingerprint density at radius 3 is 2.26 bits per heavy atom. The van der Waals surface area contributed by atoms with Crippen molar-refractivity contribution in [1.29, 1.82) is 0 Å². The Balaban J connectivity index is 2.26. The molecule has 3 atom stereocenters. The summed E-state index contributed by atoms with van der Waals surface area (Å²) in [7, 11) is 1.22. The van der Waals surface area contributed by atoms with E-state index in [4.69, 9.17) is 0 Å². The number of hydrogen-bond acceptors (Lipinski definition) is 4. The first-order valence-corrected chi connectivity index (χ1v) is 7.35. The molecule has 2 aromatic carbocycles. The topological polar surface area (TPSA) is 58.6 Å². The largest absolute Gasteiger partial charge is 0.467 e. The van der Waals surface area contributed by atoms with Gasteiger partial charge in [0.15, 0.2) is 6.10 Å². The number of benzene rings is 2. The van der Waals surface area contributed by atoms with Crippen molar-refractivity contribution in [2.45, 2.75) is 25.1 Å². The molecule has 0 aliphatic rings. The average Bonchev–Trinajstić information content (AvgIpc) is 2.59. The molecule has 2 N–H and O–H groups in total. The Labute approximate surface area is 134 Å². The van der Waals surface area contributed by atoms with Crippen molar-refractivity contribution >= 4 is 5.97 Å². The number of esters is 1. The zero-order valence-corrected chi connectivity index (χ0v) is 13.1. The molecule has 0 fully saturated rings. The summed E-state index contributed by atoms with van der Waals surface area (Å²) >= 11 is 0. The van der Waals surface area contributed by atoms with Crippen LogP contribution in [-0.4, -0.2) is 24.3 Å². The van der Waals surface area contributed by atoms with Gasteiger partial charge in [0.1, 0.15) is 5.82 Å². The van der Waals surface area contributed by atoms with Crippen LogP contribution in [-0.2, 0) is 9.53 Å². The molecule has 2 aromatic rings. The third-order valence-corrected chi connectivity index (χ3v) is 3.72. The molecule has 0 spiro atoms. The number of ether oxygens (including phenoxy) is 1. The first kappa shape index (κ1) is 17.1. The van der Waals surface area contributed by atoms with Gasteiger partial charge in [-0.1, -0.05) is 42.5 Å². The van der Waals surface area contributed by atoms with Gasteiger partial charge in [-0.15, -0.1) is 0 Å². The molecule has 2 rings (SSSR count). The van der Waals surface area contributed by atoms with Crippen molar-refractivity contribution in [2.24, 2.45) is 0 Å². The zero-order chi connectivity index (χ0) is 16.8. The van der Waals surface area contributed by atoms with E-state index in [9.17, 15) is 14.3 Å². The maximum absolute atomic E-state index is 13.1. The second-order valence-corrected chi connectivity index (χ2v) is 5.30. The molecule has 0 amide bonds. The van der Waals surface area contributed by atoms with Gasteiger partial charge in [0.2, 0.25) is 0 Å². The molecule has 0 bridgehead atoms. The highest BCUT2D eigenvalue weighted by molar-refractivity contribution is 5.75. The average molecular weight is 317 g/mol. The Hall–Kier alpha value is -2.24. The molecule has 23 heavy (non-hydrogen) atoms. The van der Waals surface area contributed by atoms with E-state index in [-0.39, 0.29) is 11.9 Å². The summed E-state index contributed by atoms with van der Waals surface area (Å²) in [6.07, 6.45) is -1.39. The minimum absolute atomic E-state index is 0.120. The number of methoxy groups -OCH3 is 1. The number of aliphatic hydroxyl groups excluding tert-OH is 1. The van der Waals surface area contributed by atoms with Crippen LogP contribution >= 0.6 is 0 Å². The predicted octanol–water partition coefficient (Wildman–Crippen LogP) is 2.75. The number of aliphatic hydroxyl groups is 1. The second kappa shape index (κ2) is 7.85. The third-order valence-electron chi connectivity index (χ3n) is 3.72. The molecular weight excluding hydrogens is 297 g/mol. The van der Waals surface area contributed by atoms with E-state index in [1.807, 2.05) is 37.3 Å². The molecule has 0 saturated heterocycles. The fourth-order valence-corrected chi connectivity index (χ4v) is 2.40. The van der Waals surface area contributed by atoms with Crippen molar-refractivity contribution in [3.63, 3.8) is 0 Å². The molecule has 4 nitrogen and oxygen atoms in total. The normalized spacial score (nSPS) is 14.8. The smallest absolute Gasteiger partial charge is 0.336 e. The Morgan fingerprint density at radius 1 is 1.09 bits per heavy atom. The Morgan fingerprint density at radius 2 is 1.70 bits per heavy atom. The standard InChI is InChI=1S/C18H20FNO3/c1-12(13-6-4-3-5-7-13)20-16(17(21)18(22)23-2)14-8-10-15(19)11-9-14/h3-12,16-17,20-21H,1-2H3/t12-,16-,17+/m0/s1. The fraction of sp³-hybridized carbons (Fsp3) is 0.278. The second-order valence-electron chi connectivity index (χ2n) is 5.30. The van der Waals surface area contributed by atoms with Gasteiger partial charge >= 0.3 is 5.97 Å². The van der Waals surface area contributed by atoms with Crippen LogP contribution in [0.15, 0.2) is 54.6 Å². The molecule has 5 heteroatoms. The van der Waals surface area contributed by atoms with E-state index >= 15 is 0 Å². The SMILES string of the molecule is COC(=O)[C@H](O)[C@@H](N[C@@H](C)c1ccccc1)c1ccc(F)cc1. The molecule has 0 heterocycles. The Bertz CT molecular complexity index is 630. The Kier molecular flexibility index (Phi) is 5.84. The number of halogens is 1. The quantitative estimate of drug-likeness (QED) is 0.804.